The summed E-state index contributed by atoms with van der Waals surface area (Å²) in [6.07, 6.45) is 0. The van der Waals surface area contributed by atoms with Crippen molar-refractivity contribution in [2.45, 2.75) is 52.5 Å². The molecule has 0 aliphatic rings. The SMILES string of the molecule is CC(C)CS(=O)(=O)Cc1ccc(CNC(C)(C)C)o1. The highest BCUT2D eigenvalue weighted by atomic mass is 32.2. The maximum atomic E-state index is 11.9. The molecule has 0 saturated heterocycles. The summed E-state index contributed by atoms with van der Waals surface area (Å²) in [5.74, 6) is 1.61. The lowest BCUT2D eigenvalue weighted by molar-refractivity contribution is 0.381. The van der Waals surface area contributed by atoms with E-state index in [4.69, 9.17) is 4.42 Å². The van der Waals surface area contributed by atoms with Gasteiger partial charge >= 0.3 is 0 Å². The van der Waals surface area contributed by atoms with Gasteiger partial charge in [0.15, 0.2) is 9.84 Å². The van der Waals surface area contributed by atoms with Crippen LogP contribution in [0.5, 0.6) is 0 Å². The van der Waals surface area contributed by atoms with E-state index in [1.807, 2.05) is 19.9 Å². The molecule has 0 fully saturated rings. The molecule has 0 aromatic carbocycles. The average molecular weight is 287 g/mol. The number of furan rings is 1. The fraction of sp³-hybridized carbons (Fsp3) is 0.714. The minimum atomic E-state index is -3.08. The van der Waals surface area contributed by atoms with Crippen LogP contribution in [0.25, 0.3) is 0 Å². The van der Waals surface area contributed by atoms with Gasteiger partial charge in [-0.05, 0) is 38.8 Å². The van der Waals surface area contributed by atoms with Crippen LogP contribution in [0, 0.1) is 5.92 Å². The predicted molar refractivity (Wildman–Crippen MR) is 77.6 cm³/mol. The minimum Gasteiger partial charge on any atom is -0.464 e. The standard InChI is InChI=1S/C14H25NO3S/c1-11(2)9-19(16,17)10-13-7-6-12(18-13)8-15-14(3,4)5/h6-7,11,15H,8-10H2,1-5H3. The van der Waals surface area contributed by atoms with Gasteiger partial charge in [-0.2, -0.15) is 0 Å². The van der Waals surface area contributed by atoms with E-state index in [1.165, 1.54) is 0 Å². The molecular weight excluding hydrogens is 262 g/mol. The van der Waals surface area contributed by atoms with Gasteiger partial charge in [0.2, 0.25) is 0 Å². The highest BCUT2D eigenvalue weighted by molar-refractivity contribution is 7.90. The number of rotatable bonds is 6. The van der Waals surface area contributed by atoms with Crippen LogP contribution >= 0.6 is 0 Å². The summed E-state index contributed by atoms with van der Waals surface area (Å²) in [4.78, 5) is 0. The highest BCUT2D eigenvalue weighted by Crippen LogP contribution is 2.14. The van der Waals surface area contributed by atoms with E-state index in [2.05, 4.69) is 26.1 Å². The summed E-state index contributed by atoms with van der Waals surface area (Å²) in [7, 11) is -3.08. The summed E-state index contributed by atoms with van der Waals surface area (Å²) in [6.45, 7) is 10.6. The van der Waals surface area contributed by atoms with E-state index < -0.39 is 9.84 Å². The molecule has 1 rings (SSSR count). The molecule has 110 valence electrons. The second-order valence-electron chi connectivity index (χ2n) is 6.42. The van der Waals surface area contributed by atoms with Crippen LogP contribution in [0.3, 0.4) is 0 Å². The summed E-state index contributed by atoms with van der Waals surface area (Å²) < 4.78 is 29.3. The van der Waals surface area contributed by atoms with Crippen molar-refractivity contribution in [2.75, 3.05) is 5.75 Å². The van der Waals surface area contributed by atoms with Gasteiger partial charge in [0.05, 0.1) is 12.3 Å². The maximum absolute atomic E-state index is 11.9. The average Bonchev–Trinajstić information content (AvgIpc) is 2.58. The van der Waals surface area contributed by atoms with Crippen molar-refractivity contribution < 1.29 is 12.8 Å². The summed E-state index contributed by atoms with van der Waals surface area (Å²) >= 11 is 0. The molecule has 19 heavy (non-hydrogen) atoms. The molecule has 4 nitrogen and oxygen atoms in total. The Kier molecular flexibility index (Phi) is 5.21. The number of hydrogen-bond acceptors (Lipinski definition) is 4. The van der Waals surface area contributed by atoms with Crippen LogP contribution in [0.2, 0.25) is 0 Å². The lowest BCUT2D eigenvalue weighted by atomic mass is 10.1. The van der Waals surface area contributed by atoms with Gasteiger partial charge in [0.25, 0.3) is 0 Å². The quantitative estimate of drug-likeness (QED) is 0.874. The predicted octanol–water partition coefficient (Wildman–Crippen LogP) is 2.74. The molecular formula is C14H25NO3S. The smallest absolute Gasteiger partial charge is 0.157 e. The van der Waals surface area contributed by atoms with Crippen molar-refractivity contribution in [3.8, 4) is 0 Å². The molecule has 1 N–H and O–H groups in total. The van der Waals surface area contributed by atoms with E-state index in [0.29, 0.717) is 12.3 Å². The topological polar surface area (TPSA) is 59.3 Å². The Morgan fingerprint density at radius 1 is 1.21 bits per heavy atom. The van der Waals surface area contributed by atoms with Gasteiger partial charge < -0.3 is 9.73 Å². The molecule has 0 saturated carbocycles. The van der Waals surface area contributed by atoms with E-state index in [-0.39, 0.29) is 23.0 Å². The monoisotopic (exact) mass is 287 g/mol. The van der Waals surface area contributed by atoms with E-state index in [0.717, 1.165) is 5.76 Å². The van der Waals surface area contributed by atoms with Crippen molar-refractivity contribution in [1.29, 1.82) is 0 Å². The fourth-order valence-electron chi connectivity index (χ4n) is 1.73. The summed E-state index contributed by atoms with van der Waals surface area (Å²) in [6, 6.07) is 3.58. The van der Waals surface area contributed by atoms with E-state index in [9.17, 15) is 8.42 Å². The van der Waals surface area contributed by atoms with Crippen LogP contribution < -0.4 is 5.32 Å². The van der Waals surface area contributed by atoms with Gasteiger partial charge in [-0.25, -0.2) is 8.42 Å². The maximum Gasteiger partial charge on any atom is 0.157 e. The normalized spacial score (nSPS) is 13.2. The van der Waals surface area contributed by atoms with Crippen LogP contribution in [0.1, 0.15) is 46.1 Å². The largest absolute Gasteiger partial charge is 0.464 e. The third kappa shape index (κ3) is 6.78. The lowest BCUT2D eigenvalue weighted by Gasteiger charge is -2.19. The zero-order valence-electron chi connectivity index (χ0n) is 12.5. The molecule has 1 aromatic rings. The molecule has 0 radical (unpaired) electrons. The Hall–Kier alpha value is -0.810. The highest BCUT2D eigenvalue weighted by Gasteiger charge is 2.17. The molecule has 0 aliphatic carbocycles. The first-order valence-electron chi connectivity index (χ1n) is 6.60. The van der Waals surface area contributed by atoms with Crippen molar-refractivity contribution in [3.63, 3.8) is 0 Å². The Balaban J connectivity index is 2.60. The molecule has 0 aliphatic heterocycles. The fourth-order valence-corrected chi connectivity index (χ4v) is 3.45. The van der Waals surface area contributed by atoms with Crippen LogP contribution in [-0.4, -0.2) is 19.7 Å². The van der Waals surface area contributed by atoms with Gasteiger partial charge in [0, 0.05) is 5.54 Å². The first kappa shape index (κ1) is 16.2. The molecule has 1 heterocycles. The Bertz CT molecular complexity index is 495. The van der Waals surface area contributed by atoms with Crippen LogP contribution in [-0.2, 0) is 22.1 Å². The number of nitrogens with one attached hydrogen (secondary N) is 1. The van der Waals surface area contributed by atoms with Gasteiger partial charge in [-0.3, -0.25) is 0 Å². The zero-order valence-corrected chi connectivity index (χ0v) is 13.3. The molecule has 5 heteroatoms. The molecule has 1 aromatic heterocycles. The molecule has 0 atom stereocenters. The number of sulfone groups is 1. The van der Waals surface area contributed by atoms with Gasteiger partial charge in [-0.15, -0.1) is 0 Å². The van der Waals surface area contributed by atoms with Gasteiger partial charge in [-0.1, -0.05) is 13.8 Å². The van der Waals surface area contributed by atoms with Crippen molar-refractivity contribution >= 4 is 9.84 Å². The van der Waals surface area contributed by atoms with E-state index >= 15 is 0 Å². The Morgan fingerprint density at radius 2 is 1.79 bits per heavy atom. The second kappa shape index (κ2) is 6.09. The van der Waals surface area contributed by atoms with Gasteiger partial charge in [0.1, 0.15) is 17.3 Å². The summed E-state index contributed by atoms with van der Waals surface area (Å²) in [5.41, 5.74) is 0.0106. The molecule has 0 unspecified atom stereocenters. The lowest BCUT2D eigenvalue weighted by Crippen LogP contribution is -2.34. The van der Waals surface area contributed by atoms with E-state index in [1.54, 1.807) is 6.07 Å². The second-order valence-corrected chi connectivity index (χ2v) is 8.53. The summed E-state index contributed by atoms with van der Waals surface area (Å²) in [5, 5.41) is 3.30. The minimum absolute atomic E-state index is 0.0106. The van der Waals surface area contributed by atoms with Crippen LogP contribution in [0.4, 0.5) is 0 Å². The third-order valence-corrected chi connectivity index (χ3v) is 4.36. The molecule has 0 bridgehead atoms. The first-order valence-corrected chi connectivity index (χ1v) is 8.42. The third-order valence-electron chi connectivity index (χ3n) is 2.46. The van der Waals surface area contributed by atoms with Crippen molar-refractivity contribution in [1.82, 2.24) is 5.32 Å². The van der Waals surface area contributed by atoms with Crippen molar-refractivity contribution in [2.24, 2.45) is 5.92 Å². The van der Waals surface area contributed by atoms with Crippen molar-refractivity contribution in [3.05, 3.63) is 23.7 Å². The molecule has 0 amide bonds. The Morgan fingerprint density at radius 3 is 2.32 bits per heavy atom. The first-order chi connectivity index (χ1) is 8.57. The van der Waals surface area contributed by atoms with Crippen LogP contribution in [0.15, 0.2) is 16.5 Å². The zero-order chi connectivity index (χ0) is 14.7. The number of hydrogen-bond donors (Lipinski definition) is 1. The Labute approximate surface area is 116 Å². The molecule has 0 spiro atoms.